The molecule has 0 bridgehead atoms. The van der Waals surface area contributed by atoms with Gasteiger partial charge in [0.1, 0.15) is 5.56 Å². The Morgan fingerprint density at radius 3 is 3.00 bits per heavy atom. The second kappa shape index (κ2) is 7.28. The number of hydrogen-bond donors (Lipinski definition) is 0. The van der Waals surface area contributed by atoms with E-state index >= 15 is 0 Å². The van der Waals surface area contributed by atoms with Gasteiger partial charge in [-0.2, -0.15) is 5.10 Å². The summed E-state index contributed by atoms with van der Waals surface area (Å²) in [6.07, 6.45) is 3.07. The van der Waals surface area contributed by atoms with Gasteiger partial charge < -0.3 is 4.74 Å². The molecular weight excluding hydrogens is 400 g/mol. The first-order valence-corrected chi connectivity index (χ1v) is 9.50. The number of carbonyl (C=O) groups excluding carboxylic acids is 1. The van der Waals surface area contributed by atoms with Crippen LogP contribution in [0.5, 0.6) is 0 Å². The largest absolute Gasteiger partial charge is 0.465 e. The van der Waals surface area contributed by atoms with Crippen molar-refractivity contribution in [3.05, 3.63) is 44.6 Å². The quantitative estimate of drug-likeness (QED) is 0.535. The molecule has 0 atom stereocenters. The molecule has 1 aromatic carbocycles. The third kappa shape index (κ3) is 3.75. The van der Waals surface area contributed by atoms with Gasteiger partial charge in [0.25, 0.3) is 0 Å². The van der Waals surface area contributed by atoms with Crippen molar-refractivity contribution in [2.24, 2.45) is 0 Å². The fourth-order valence-electron chi connectivity index (χ4n) is 2.75. The first-order chi connectivity index (χ1) is 11.1. The predicted octanol–water partition coefficient (Wildman–Crippen LogP) is 4.71. The van der Waals surface area contributed by atoms with E-state index < -0.39 is 0 Å². The third-order valence-corrected chi connectivity index (χ3v) is 5.43. The van der Waals surface area contributed by atoms with Gasteiger partial charge in [-0.25, -0.2) is 4.79 Å². The maximum atomic E-state index is 12.2. The number of ether oxygens (including phenoxy) is 1. The Morgan fingerprint density at radius 2 is 2.26 bits per heavy atom. The Kier molecular flexibility index (Phi) is 5.34. The summed E-state index contributed by atoms with van der Waals surface area (Å²) >= 11 is 11.1. The highest BCUT2D eigenvalue weighted by atomic mass is 79.9. The molecule has 4 nitrogen and oxygen atoms in total. The van der Waals surface area contributed by atoms with Gasteiger partial charge in [0.15, 0.2) is 0 Å². The number of methoxy groups -OCH3 is 1. The Balaban J connectivity index is 1.87. The van der Waals surface area contributed by atoms with Crippen LogP contribution in [0.15, 0.2) is 27.6 Å². The van der Waals surface area contributed by atoms with Gasteiger partial charge in [-0.1, -0.05) is 27.5 Å². The van der Waals surface area contributed by atoms with Crippen LogP contribution in [0, 0.1) is 0 Å². The Morgan fingerprint density at radius 1 is 1.43 bits per heavy atom. The van der Waals surface area contributed by atoms with E-state index in [0.717, 1.165) is 46.6 Å². The number of nitrogens with zero attached hydrogens (tertiary/aromatic N) is 2. The fraction of sp³-hybridized carbons (Fsp3) is 0.375. The van der Waals surface area contributed by atoms with Crippen LogP contribution >= 0.6 is 39.3 Å². The van der Waals surface area contributed by atoms with Crippen LogP contribution in [0.25, 0.3) is 0 Å². The number of aryl methyl sites for hydroxylation is 1. The van der Waals surface area contributed by atoms with Crippen LogP contribution in [0.3, 0.4) is 0 Å². The number of rotatable bonds is 4. The van der Waals surface area contributed by atoms with E-state index in [2.05, 4.69) is 21.0 Å². The van der Waals surface area contributed by atoms with Gasteiger partial charge in [0.05, 0.1) is 18.5 Å². The van der Waals surface area contributed by atoms with Gasteiger partial charge in [-0.05, 0) is 37.5 Å². The van der Waals surface area contributed by atoms with Crippen LogP contribution in [0.4, 0.5) is 0 Å². The van der Waals surface area contributed by atoms with Crippen molar-refractivity contribution in [1.82, 2.24) is 9.78 Å². The molecule has 0 amide bonds. The zero-order valence-electron chi connectivity index (χ0n) is 12.6. The first kappa shape index (κ1) is 16.9. The molecule has 3 rings (SSSR count). The summed E-state index contributed by atoms with van der Waals surface area (Å²) in [6, 6.07) is 5.76. The Bertz CT molecular complexity index is 728. The standard InChI is InChI=1S/C16H16BrClN2O2S/c1-22-16(21)15-13(19-20-5-3-2-4-14(15)20)9-23-12-7-10(17)6-11(18)8-12/h6-8H,2-5,9H2,1H3. The molecule has 23 heavy (non-hydrogen) atoms. The minimum Gasteiger partial charge on any atom is -0.465 e. The molecule has 1 aliphatic rings. The lowest BCUT2D eigenvalue weighted by atomic mass is 10.1. The second-order valence-electron chi connectivity index (χ2n) is 5.33. The molecule has 0 unspecified atom stereocenters. The minimum atomic E-state index is -0.295. The van der Waals surface area contributed by atoms with Crippen molar-refractivity contribution in [2.75, 3.05) is 7.11 Å². The van der Waals surface area contributed by atoms with Gasteiger partial charge in [0.2, 0.25) is 0 Å². The van der Waals surface area contributed by atoms with Gasteiger partial charge in [-0.15, -0.1) is 11.8 Å². The molecule has 2 aromatic rings. The van der Waals surface area contributed by atoms with Crippen LogP contribution in [-0.4, -0.2) is 22.9 Å². The van der Waals surface area contributed by atoms with Crippen LogP contribution in [-0.2, 0) is 23.5 Å². The molecule has 0 fully saturated rings. The second-order valence-corrected chi connectivity index (χ2v) is 7.73. The number of aromatic nitrogens is 2. The molecule has 0 saturated heterocycles. The lowest BCUT2D eigenvalue weighted by Gasteiger charge is -2.13. The summed E-state index contributed by atoms with van der Waals surface area (Å²) in [5.41, 5.74) is 2.43. The van der Waals surface area contributed by atoms with Crippen LogP contribution in [0.2, 0.25) is 5.02 Å². The molecule has 0 spiro atoms. The van der Waals surface area contributed by atoms with Gasteiger partial charge in [0, 0.05) is 26.7 Å². The average Bonchev–Trinajstić information content (AvgIpc) is 2.89. The maximum absolute atomic E-state index is 12.2. The first-order valence-electron chi connectivity index (χ1n) is 7.34. The highest BCUT2D eigenvalue weighted by Crippen LogP contribution is 2.31. The van der Waals surface area contributed by atoms with Crippen molar-refractivity contribution in [3.8, 4) is 0 Å². The summed E-state index contributed by atoms with van der Waals surface area (Å²) in [5.74, 6) is 0.313. The van der Waals surface area contributed by atoms with E-state index in [1.165, 1.54) is 7.11 Å². The number of fused-ring (bicyclic) bond motifs is 1. The number of hydrogen-bond acceptors (Lipinski definition) is 4. The van der Waals surface area contributed by atoms with Gasteiger partial charge in [-0.3, -0.25) is 4.68 Å². The smallest absolute Gasteiger partial charge is 0.341 e. The lowest BCUT2D eigenvalue weighted by Crippen LogP contribution is -2.14. The van der Waals surface area contributed by atoms with Crippen LogP contribution in [0.1, 0.15) is 34.6 Å². The van der Waals surface area contributed by atoms with E-state index in [0.29, 0.717) is 16.3 Å². The number of benzene rings is 1. The van der Waals surface area contributed by atoms with Crippen molar-refractivity contribution >= 4 is 45.3 Å². The van der Waals surface area contributed by atoms with E-state index in [1.54, 1.807) is 11.8 Å². The molecule has 7 heteroatoms. The van der Waals surface area contributed by atoms with Crippen molar-refractivity contribution in [1.29, 1.82) is 0 Å². The highest BCUT2D eigenvalue weighted by Gasteiger charge is 2.25. The number of esters is 1. The van der Waals surface area contributed by atoms with Crippen molar-refractivity contribution in [3.63, 3.8) is 0 Å². The highest BCUT2D eigenvalue weighted by molar-refractivity contribution is 9.10. The van der Waals surface area contributed by atoms with E-state index in [9.17, 15) is 4.79 Å². The SMILES string of the molecule is COC(=O)c1c(CSc2cc(Cl)cc(Br)c2)nn2c1CCCC2. The molecule has 1 aliphatic heterocycles. The van der Waals surface area contributed by atoms with Crippen molar-refractivity contribution < 1.29 is 9.53 Å². The van der Waals surface area contributed by atoms with E-state index in [1.807, 2.05) is 22.9 Å². The predicted molar refractivity (Wildman–Crippen MR) is 95.2 cm³/mol. The molecule has 122 valence electrons. The molecule has 2 heterocycles. The molecule has 0 aliphatic carbocycles. The van der Waals surface area contributed by atoms with E-state index in [-0.39, 0.29) is 5.97 Å². The Hall–Kier alpha value is -0.980. The average molecular weight is 416 g/mol. The zero-order valence-corrected chi connectivity index (χ0v) is 15.8. The fourth-order valence-corrected chi connectivity index (χ4v) is 4.75. The molecule has 0 N–H and O–H groups in total. The number of thioether (sulfide) groups is 1. The molecule has 1 aromatic heterocycles. The normalized spacial score (nSPS) is 13.7. The minimum absolute atomic E-state index is 0.295. The lowest BCUT2D eigenvalue weighted by molar-refractivity contribution is 0.0598. The van der Waals surface area contributed by atoms with Crippen LogP contribution < -0.4 is 0 Å². The summed E-state index contributed by atoms with van der Waals surface area (Å²) in [4.78, 5) is 13.2. The van der Waals surface area contributed by atoms with Gasteiger partial charge >= 0.3 is 5.97 Å². The third-order valence-electron chi connectivity index (χ3n) is 3.76. The monoisotopic (exact) mass is 414 g/mol. The molecule has 0 saturated carbocycles. The van der Waals surface area contributed by atoms with E-state index in [4.69, 9.17) is 16.3 Å². The Labute approximate surface area is 152 Å². The molecular formula is C16H16BrClN2O2S. The number of carbonyl (C=O) groups is 1. The van der Waals surface area contributed by atoms with Crippen molar-refractivity contribution in [2.45, 2.75) is 36.5 Å². The molecule has 0 radical (unpaired) electrons. The topological polar surface area (TPSA) is 44.1 Å². The maximum Gasteiger partial charge on any atom is 0.341 e. The summed E-state index contributed by atoms with van der Waals surface area (Å²) < 4.78 is 7.85. The summed E-state index contributed by atoms with van der Waals surface area (Å²) in [6.45, 7) is 0.868. The summed E-state index contributed by atoms with van der Waals surface area (Å²) in [5, 5.41) is 5.31. The zero-order chi connectivity index (χ0) is 16.4. The number of halogens is 2. The summed E-state index contributed by atoms with van der Waals surface area (Å²) in [7, 11) is 1.42.